The van der Waals surface area contributed by atoms with Crippen LogP contribution in [0, 0.1) is 0 Å². The molecule has 10 heteroatoms. The lowest BCUT2D eigenvalue weighted by Gasteiger charge is -2.17. The van der Waals surface area contributed by atoms with Gasteiger partial charge in [-0.1, -0.05) is 36.0 Å². The number of benzene rings is 2. The number of halogens is 2. The highest BCUT2D eigenvalue weighted by Gasteiger charge is 2.21. The van der Waals surface area contributed by atoms with Crippen LogP contribution in [0.4, 0.5) is 14.5 Å². The van der Waals surface area contributed by atoms with E-state index in [1.807, 2.05) is 0 Å². The molecule has 2 rings (SSSR count). The van der Waals surface area contributed by atoms with Crippen LogP contribution in [0.5, 0.6) is 0 Å². The number of para-hydroxylation sites is 1. The summed E-state index contributed by atoms with van der Waals surface area (Å²) in [6, 6.07) is 11.9. The Bertz CT molecular complexity index is 996. The van der Waals surface area contributed by atoms with Crippen molar-refractivity contribution in [1.29, 1.82) is 0 Å². The molecule has 0 saturated heterocycles. The van der Waals surface area contributed by atoms with Crippen molar-refractivity contribution in [3.63, 3.8) is 0 Å². The fraction of sp³-hybridized carbons (Fsp3) is 0.300. The molecule has 0 aromatic heterocycles. The molecule has 6 nitrogen and oxygen atoms in total. The Morgan fingerprint density at radius 1 is 1.10 bits per heavy atom. The summed E-state index contributed by atoms with van der Waals surface area (Å²) in [6.07, 6.45) is 0.272. The van der Waals surface area contributed by atoms with Crippen LogP contribution in [0.3, 0.4) is 0 Å². The second kappa shape index (κ2) is 10.6. The Morgan fingerprint density at radius 2 is 1.73 bits per heavy atom. The molecule has 0 unspecified atom stereocenters. The lowest BCUT2D eigenvalue weighted by Crippen LogP contribution is -2.28. The van der Waals surface area contributed by atoms with E-state index in [9.17, 15) is 26.8 Å². The van der Waals surface area contributed by atoms with Gasteiger partial charge in [0, 0.05) is 30.5 Å². The summed E-state index contributed by atoms with van der Waals surface area (Å²) in [5, 5.41) is 2.58. The van der Waals surface area contributed by atoms with E-state index < -0.39 is 21.7 Å². The third-order valence-corrected chi connectivity index (χ3v) is 6.88. The van der Waals surface area contributed by atoms with Crippen LogP contribution in [-0.4, -0.2) is 43.8 Å². The molecule has 0 saturated carbocycles. The highest BCUT2D eigenvalue weighted by Crippen LogP contribution is 2.31. The Morgan fingerprint density at radius 3 is 2.33 bits per heavy atom. The third-order valence-electron chi connectivity index (χ3n) is 4.22. The van der Waals surface area contributed by atoms with Crippen molar-refractivity contribution in [2.24, 2.45) is 0 Å². The lowest BCUT2D eigenvalue weighted by atomic mass is 10.2. The summed E-state index contributed by atoms with van der Waals surface area (Å²) in [4.78, 5) is 23.8. The van der Waals surface area contributed by atoms with E-state index in [1.165, 1.54) is 50.4 Å². The van der Waals surface area contributed by atoms with E-state index in [1.54, 1.807) is 12.1 Å². The van der Waals surface area contributed by atoms with E-state index in [4.69, 9.17) is 0 Å². The minimum absolute atomic E-state index is 0.0246. The molecule has 0 aliphatic heterocycles. The number of anilines is 1. The number of Topliss-reactive ketones (excluding diaryl/α,β-unsaturated/α-hetero) is 1. The fourth-order valence-electron chi connectivity index (χ4n) is 2.61. The predicted octanol–water partition coefficient (Wildman–Crippen LogP) is 4.24. The van der Waals surface area contributed by atoms with Gasteiger partial charge in [-0.3, -0.25) is 9.59 Å². The van der Waals surface area contributed by atoms with Gasteiger partial charge in [-0.25, -0.2) is 12.7 Å². The standard InChI is InChI=1S/C20H22F2N2O4S2/c1-14(25)15-9-11-16(12-10-15)30(27,28)24(2)13-5-8-19(26)23-17-6-3-4-7-18(17)29-20(21)22/h3-4,6-7,9-12,20H,5,8,13H2,1-2H3,(H,23,26). The van der Waals surface area contributed by atoms with Gasteiger partial charge in [0.25, 0.3) is 5.76 Å². The van der Waals surface area contributed by atoms with Crippen LogP contribution in [0.15, 0.2) is 58.3 Å². The van der Waals surface area contributed by atoms with Crippen LogP contribution in [0.25, 0.3) is 0 Å². The fourth-order valence-corrected chi connectivity index (χ4v) is 4.41. The van der Waals surface area contributed by atoms with Gasteiger partial charge in [-0.05, 0) is 37.6 Å². The summed E-state index contributed by atoms with van der Waals surface area (Å²) in [5.41, 5.74) is 0.706. The van der Waals surface area contributed by atoms with Crippen LogP contribution in [0.2, 0.25) is 0 Å². The summed E-state index contributed by atoms with van der Waals surface area (Å²) in [5.74, 6) is -3.16. The number of amides is 1. The monoisotopic (exact) mass is 456 g/mol. The minimum Gasteiger partial charge on any atom is -0.325 e. The number of alkyl halides is 2. The number of nitrogens with zero attached hydrogens (tertiary/aromatic N) is 1. The van der Waals surface area contributed by atoms with E-state index in [2.05, 4.69) is 5.32 Å². The van der Waals surface area contributed by atoms with Crippen molar-refractivity contribution in [1.82, 2.24) is 4.31 Å². The molecule has 0 spiro atoms. The smallest absolute Gasteiger partial charge is 0.288 e. The minimum atomic E-state index is -3.75. The Labute approximate surface area is 178 Å². The first-order valence-electron chi connectivity index (χ1n) is 9.02. The molecule has 2 aromatic carbocycles. The van der Waals surface area contributed by atoms with E-state index in [-0.39, 0.29) is 35.0 Å². The number of hydrogen-bond acceptors (Lipinski definition) is 5. The van der Waals surface area contributed by atoms with E-state index >= 15 is 0 Å². The van der Waals surface area contributed by atoms with Crippen molar-refractivity contribution in [3.05, 3.63) is 54.1 Å². The van der Waals surface area contributed by atoms with Gasteiger partial charge in [0.1, 0.15) is 0 Å². The molecule has 30 heavy (non-hydrogen) atoms. The number of thioether (sulfide) groups is 1. The second-order valence-corrected chi connectivity index (χ2v) is 9.51. The molecule has 1 amide bonds. The summed E-state index contributed by atoms with van der Waals surface area (Å²) in [6.45, 7) is 1.49. The lowest BCUT2D eigenvalue weighted by molar-refractivity contribution is -0.116. The van der Waals surface area contributed by atoms with E-state index in [0.717, 1.165) is 4.31 Å². The van der Waals surface area contributed by atoms with Gasteiger partial charge in [-0.15, -0.1) is 0 Å². The highest BCUT2D eigenvalue weighted by atomic mass is 32.2. The normalized spacial score (nSPS) is 11.7. The Kier molecular flexibility index (Phi) is 8.51. The van der Waals surface area contributed by atoms with Crippen molar-refractivity contribution in [2.45, 2.75) is 35.3 Å². The highest BCUT2D eigenvalue weighted by molar-refractivity contribution is 7.99. The average Bonchev–Trinajstić information content (AvgIpc) is 2.69. The molecule has 2 aromatic rings. The molecule has 0 aliphatic rings. The van der Waals surface area contributed by atoms with Gasteiger partial charge >= 0.3 is 0 Å². The van der Waals surface area contributed by atoms with Gasteiger partial charge in [0.15, 0.2) is 5.78 Å². The summed E-state index contributed by atoms with van der Waals surface area (Å²) < 4.78 is 51.5. The first-order valence-corrected chi connectivity index (χ1v) is 11.3. The number of hydrogen-bond donors (Lipinski definition) is 1. The number of sulfonamides is 1. The van der Waals surface area contributed by atoms with Crippen molar-refractivity contribution < 1.29 is 26.8 Å². The summed E-state index contributed by atoms with van der Waals surface area (Å²) >= 11 is 0.343. The number of ketones is 1. The zero-order chi connectivity index (χ0) is 22.3. The van der Waals surface area contributed by atoms with Crippen LogP contribution in [-0.2, 0) is 14.8 Å². The molecule has 0 radical (unpaired) electrons. The largest absolute Gasteiger partial charge is 0.325 e. The molecule has 0 heterocycles. The second-order valence-electron chi connectivity index (χ2n) is 6.43. The van der Waals surface area contributed by atoms with Crippen LogP contribution < -0.4 is 5.32 Å². The first-order chi connectivity index (χ1) is 14.1. The van der Waals surface area contributed by atoms with Gasteiger partial charge in [0.05, 0.1) is 10.6 Å². The zero-order valence-electron chi connectivity index (χ0n) is 16.5. The molecule has 0 aliphatic carbocycles. The molecule has 0 atom stereocenters. The maximum atomic E-state index is 12.6. The third kappa shape index (κ3) is 6.61. The Balaban J connectivity index is 1.91. The quantitative estimate of drug-likeness (QED) is 0.427. The van der Waals surface area contributed by atoms with Crippen molar-refractivity contribution >= 4 is 39.2 Å². The maximum Gasteiger partial charge on any atom is 0.288 e. The van der Waals surface area contributed by atoms with E-state index in [0.29, 0.717) is 23.0 Å². The average molecular weight is 457 g/mol. The number of nitrogens with one attached hydrogen (secondary N) is 1. The van der Waals surface area contributed by atoms with Crippen LogP contribution >= 0.6 is 11.8 Å². The first kappa shape index (κ1) is 24.0. The number of carbonyl (C=O) groups is 2. The van der Waals surface area contributed by atoms with Gasteiger partial charge in [-0.2, -0.15) is 8.78 Å². The molecule has 1 N–H and O–H groups in total. The molecule has 162 valence electrons. The topological polar surface area (TPSA) is 83.6 Å². The molecular weight excluding hydrogens is 434 g/mol. The molecule has 0 fully saturated rings. The van der Waals surface area contributed by atoms with Gasteiger partial charge < -0.3 is 5.32 Å². The Hall–Kier alpha value is -2.30. The predicted molar refractivity (Wildman–Crippen MR) is 112 cm³/mol. The number of carbonyl (C=O) groups excluding carboxylic acids is 2. The van der Waals surface area contributed by atoms with Crippen molar-refractivity contribution in [2.75, 3.05) is 18.9 Å². The van der Waals surface area contributed by atoms with Gasteiger partial charge in [0.2, 0.25) is 15.9 Å². The zero-order valence-corrected chi connectivity index (χ0v) is 18.1. The van der Waals surface area contributed by atoms with Crippen molar-refractivity contribution in [3.8, 4) is 0 Å². The maximum absolute atomic E-state index is 12.6. The summed E-state index contributed by atoms with van der Waals surface area (Å²) in [7, 11) is -2.35. The molecule has 0 bridgehead atoms. The SMILES string of the molecule is CC(=O)c1ccc(S(=O)(=O)N(C)CCCC(=O)Nc2ccccc2SC(F)F)cc1. The molecular formula is C20H22F2N2O4S2. The number of rotatable bonds is 10. The van der Waals surface area contributed by atoms with Crippen LogP contribution in [0.1, 0.15) is 30.1 Å².